The van der Waals surface area contributed by atoms with Gasteiger partial charge in [0.05, 0.1) is 11.7 Å². The number of rotatable bonds is 5. The van der Waals surface area contributed by atoms with Crippen LogP contribution in [0.15, 0.2) is 59.9 Å². The number of carbonyl (C=O) groups excluding carboxylic acids is 1. The maximum Gasteiger partial charge on any atom is 0.229 e. The zero-order valence-electron chi connectivity index (χ0n) is 16.8. The van der Waals surface area contributed by atoms with Crippen molar-refractivity contribution in [3.63, 3.8) is 0 Å². The lowest BCUT2D eigenvalue weighted by atomic mass is 10.2. The summed E-state index contributed by atoms with van der Waals surface area (Å²) < 4.78 is 2.06. The number of para-hydroxylation sites is 1. The number of nitrogens with zero attached hydrogens (tertiary/aromatic N) is 4. The summed E-state index contributed by atoms with van der Waals surface area (Å²) in [5.41, 5.74) is 4.13. The van der Waals surface area contributed by atoms with Crippen LogP contribution in [0.3, 0.4) is 0 Å². The summed E-state index contributed by atoms with van der Waals surface area (Å²) in [7, 11) is 1.75. The quantitative estimate of drug-likeness (QED) is 0.517. The predicted molar refractivity (Wildman–Crippen MR) is 115 cm³/mol. The van der Waals surface area contributed by atoms with Gasteiger partial charge in [-0.15, -0.1) is 0 Å². The van der Waals surface area contributed by atoms with Crippen LogP contribution in [-0.4, -0.2) is 47.4 Å². The molecule has 7 heteroatoms. The van der Waals surface area contributed by atoms with Crippen LogP contribution in [0, 0.1) is 6.92 Å². The average Bonchev–Trinajstić information content (AvgIpc) is 3.31. The van der Waals surface area contributed by atoms with E-state index in [4.69, 9.17) is 4.98 Å². The lowest BCUT2D eigenvalue weighted by molar-refractivity contribution is -0.117. The summed E-state index contributed by atoms with van der Waals surface area (Å²) in [4.78, 5) is 23.2. The molecule has 1 atom stereocenters. The third-order valence-electron chi connectivity index (χ3n) is 5.16. The van der Waals surface area contributed by atoms with E-state index in [0.717, 1.165) is 29.0 Å². The molecule has 7 nitrogen and oxygen atoms in total. The molecule has 1 aliphatic heterocycles. The molecule has 1 fully saturated rings. The van der Waals surface area contributed by atoms with Gasteiger partial charge in [-0.05, 0) is 30.7 Å². The average molecular weight is 390 g/mol. The first-order chi connectivity index (χ1) is 14.1. The van der Waals surface area contributed by atoms with Gasteiger partial charge in [-0.2, -0.15) is 0 Å². The monoisotopic (exact) mass is 390 g/mol. The van der Waals surface area contributed by atoms with Crippen LogP contribution < -0.4 is 15.5 Å². The lowest BCUT2D eigenvalue weighted by Crippen LogP contribution is -2.45. The number of hydrogen-bond donors (Lipinski definition) is 2. The van der Waals surface area contributed by atoms with E-state index in [1.807, 2.05) is 47.5 Å². The number of fused-ring (bicyclic) bond motifs is 1. The molecular weight excluding hydrogens is 364 g/mol. The Morgan fingerprint density at radius 1 is 1.24 bits per heavy atom. The number of aliphatic imine (C=N–C) groups is 1. The van der Waals surface area contributed by atoms with E-state index in [2.05, 4.69) is 39.2 Å². The molecular formula is C22H26N6O. The third-order valence-corrected chi connectivity index (χ3v) is 5.16. The topological polar surface area (TPSA) is 74.0 Å². The smallest absolute Gasteiger partial charge is 0.229 e. The van der Waals surface area contributed by atoms with Gasteiger partial charge < -0.3 is 19.9 Å². The van der Waals surface area contributed by atoms with E-state index in [-0.39, 0.29) is 11.9 Å². The van der Waals surface area contributed by atoms with Gasteiger partial charge >= 0.3 is 0 Å². The van der Waals surface area contributed by atoms with Crippen LogP contribution in [0.1, 0.15) is 17.7 Å². The van der Waals surface area contributed by atoms with E-state index in [0.29, 0.717) is 25.5 Å². The summed E-state index contributed by atoms with van der Waals surface area (Å²) in [6.45, 7) is 3.42. The molecule has 1 aliphatic rings. The second-order valence-electron chi connectivity index (χ2n) is 7.29. The number of imidazole rings is 1. The van der Waals surface area contributed by atoms with Crippen LogP contribution in [0.5, 0.6) is 0 Å². The second kappa shape index (κ2) is 8.34. The van der Waals surface area contributed by atoms with E-state index >= 15 is 0 Å². The Morgan fingerprint density at radius 3 is 2.83 bits per heavy atom. The fraction of sp³-hybridized carbons (Fsp3) is 0.318. The van der Waals surface area contributed by atoms with Crippen LogP contribution in [0.25, 0.3) is 5.65 Å². The Hall–Kier alpha value is -3.35. The van der Waals surface area contributed by atoms with Crippen molar-refractivity contribution in [2.24, 2.45) is 4.99 Å². The highest BCUT2D eigenvalue weighted by molar-refractivity contribution is 5.97. The fourth-order valence-electron chi connectivity index (χ4n) is 3.68. The molecule has 29 heavy (non-hydrogen) atoms. The number of anilines is 1. The third kappa shape index (κ3) is 4.23. The van der Waals surface area contributed by atoms with Crippen molar-refractivity contribution in [3.8, 4) is 0 Å². The van der Waals surface area contributed by atoms with Crippen molar-refractivity contribution in [2.45, 2.75) is 25.8 Å². The zero-order valence-corrected chi connectivity index (χ0v) is 16.8. The second-order valence-corrected chi connectivity index (χ2v) is 7.29. The minimum absolute atomic E-state index is 0.0340. The number of carbonyl (C=O) groups is 1. The normalized spacial score (nSPS) is 17.2. The lowest BCUT2D eigenvalue weighted by Gasteiger charge is -2.18. The minimum atomic E-state index is 0.0340. The van der Waals surface area contributed by atoms with Crippen molar-refractivity contribution in [1.29, 1.82) is 0 Å². The highest BCUT2D eigenvalue weighted by Gasteiger charge is 2.30. The summed E-state index contributed by atoms with van der Waals surface area (Å²) in [5.74, 6) is 0.835. The van der Waals surface area contributed by atoms with Gasteiger partial charge in [-0.1, -0.05) is 24.3 Å². The first kappa shape index (κ1) is 19.0. The van der Waals surface area contributed by atoms with Crippen LogP contribution >= 0.6 is 0 Å². The molecule has 2 aromatic heterocycles. The number of nitrogens with one attached hydrogen (secondary N) is 2. The molecule has 0 saturated carbocycles. The van der Waals surface area contributed by atoms with E-state index in [9.17, 15) is 4.79 Å². The van der Waals surface area contributed by atoms with Crippen molar-refractivity contribution < 1.29 is 4.79 Å². The van der Waals surface area contributed by atoms with Gasteiger partial charge in [-0.25, -0.2) is 4.98 Å². The summed E-state index contributed by atoms with van der Waals surface area (Å²) >= 11 is 0. The van der Waals surface area contributed by atoms with Gasteiger partial charge in [0.15, 0.2) is 5.96 Å². The number of amides is 1. The molecule has 3 heterocycles. The van der Waals surface area contributed by atoms with E-state index in [1.54, 1.807) is 7.05 Å². The molecule has 0 spiro atoms. The number of guanidine groups is 1. The fourth-order valence-corrected chi connectivity index (χ4v) is 3.68. The van der Waals surface area contributed by atoms with Crippen LogP contribution in [0.2, 0.25) is 0 Å². The number of pyridine rings is 1. The molecule has 1 aromatic carbocycles. The Bertz CT molecular complexity index is 1030. The molecule has 0 aliphatic carbocycles. The largest absolute Gasteiger partial charge is 0.356 e. The standard InChI is InChI=1S/C22H26N6O/c1-16-7-6-12-27-14-17(25-21(16)27)10-11-24-22(23-2)26-18-13-20(29)28(15-18)19-8-4-3-5-9-19/h3-9,12,14,18H,10-11,13,15H2,1-2H3,(H2,23,24,26). The maximum atomic E-state index is 12.4. The Labute approximate surface area is 170 Å². The Balaban J connectivity index is 1.31. The van der Waals surface area contributed by atoms with Crippen molar-refractivity contribution in [2.75, 3.05) is 25.0 Å². The number of hydrogen-bond acceptors (Lipinski definition) is 3. The molecule has 1 unspecified atom stereocenters. The highest BCUT2D eigenvalue weighted by atomic mass is 16.2. The number of aryl methyl sites for hydroxylation is 1. The molecule has 1 saturated heterocycles. The van der Waals surface area contributed by atoms with Crippen LogP contribution in [-0.2, 0) is 11.2 Å². The first-order valence-electron chi connectivity index (χ1n) is 9.90. The molecule has 1 amide bonds. The molecule has 150 valence electrons. The van der Waals surface area contributed by atoms with E-state index < -0.39 is 0 Å². The first-order valence-corrected chi connectivity index (χ1v) is 9.90. The number of benzene rings is 1. The molecule has 4 rings (SSSR count). The maximum absolute atomic E-state index is 12.4. The summed E-state index contributed by atoms with van der Waals surface area (Å²) in [6.07, 6.45) is 5.33. The van der Waals surface area contributed by atoms with Gasteiger partial charge in [0.2, 0.25) is 5.91 Å². The Kier molecular flexibility index (Phi) is 5.46. The SMILES string of the molecule is CN=C(NCCc1cn2cccc(C)c2n1)NC1CC(=O)N(c2ccccc2)C1. The van der Waals surface area contributed by atoms with Gasteiger partial charge in [0, 0.05) is 51.1 Å². The van der Waals surface area contributed by atoms with Crippen molar-refractivity contribution >= 4 is 23.2 Å². The summed E-state index contributed by atoms with van der Waals surface area (Å²) in [6, 6.07) is 13.9. The van der Waals surface area contributed by atoms with Crippen LogP contribution in [0.4, 0.5) is 5.69 Å². The zero-order chi connectivity index (χ0) is 20.2. The predicted octanol–water partition coefficient (Wildman–Crippen LogP) is 2.16. The van der Waals surface area contributed by atoms with Gasteiger partial charge in [0.25, 0.3) is 0 Å². The molecule has 0 radical (unpaired) electrons. The van der Waals surface area contributed by atoms with Gasteiger partial charge in [-0.3, -0.25) is 9.79 Å². The van der Waals surface area contributed by atoms with Gasteiger partial charge in [0.1, 0.15) is 5.65 Å². The van der Waals surface area contributed by atoms with E-state index in [1.165, 1.54) is 0 Å². The molecule has 3 aromatic rings. The van der Waals surface area contributed by atoms with Crippen molar-refractivity contribution in [3.05, 3.63) is 66.1 Å². The van der Waals surface area contributed by atoms with Crippen molar-refractivity contribution in [1.82, 2.24) is 20.0 Å². The Morgan fingerprint density at radius 2 is 2.07 bits per heavy atom. The highest BCUT2D eigenvalue weighted by Crippen LogP contribution is 2.20. The minimum Gasteiger partial charge on any atom is -0.356 e. The molecule has 0 bridgehead atoms. The molecule has 2 N–H and O–H groups in total. The summed E-state index contributed by atoms with van der Waals surface area (Å²) in [5, 5.41) is 6.70. The number of aromatic nitrogens is 2.